The fourth-order valence-electron chi connectivity index (χ4n) is 12.8. The Hall–Kier alpha value is -0.460. The first-order valence-corrected chi connectivity index (χ1v) is 16.6. The van der Waals surface area contributed by atoms with Crippen molar-refractivity contribution in [3.8, 4) is 0 Å². The van der Waals surface area contributed by atoms with Crippen molar-refractivity contribution in [2.45, 2.75) is 143 Å². The molecule has 5 aliphatic carbocycles. The van der Waals surface area contributed by atoms with E-state index in [2.05, 4.69) is 55.0 Å². The monoisotopic (exact) mass is 558 g/mol. The summed E-state index contributed by atoms with van der Waals surface area (Å²) in [6.45, 7) is 22.2. The molecule has 0 aromatic heterocycles. The zero-order chi connectivity index (χ0) is 29.0. The van der Waals surface area contributed by atoms with Crippen LogP contribution in [0.4, 0.5) is 0 Å². The van der Waals surface area contributed by atoms with Crippen molar-refractivity contribution in [3.63, 3.8) is 0 Å². The summed E-state index contributed by atoms with van der Waals surface area (Å²) in [5, 5.41) is 30.7. The van der Waals surface area contributed by atoms with E-state index in [1.54, 1.807) is 0 Å². The van der Waals surface area contributed by atoms with Crippen LogP contribution in [-0.2, 0) is 9.47 Å². The zero-order valence-corrected chi connectivity index (χ0v) is 26.4. The molecule has 5 heteroatoms. The van der Waals surface area contributed by atoms with E-state index in [9.17, 15) is 15.3 Å². The highest BCUT2D eigenvalue weighted by Crippen LogP contribution is 2.77. The van der Waals surface area contributed by atoms with Crippen molar-refractivity contribution in [1.82, 2.24) is 0 Å². The third-order valence-corrected chi connectivity index (χ3v) is 15.2. The molecule has 228 valence electrons. The first-order valence-electron chi connectivity index (χ1n) is 16.6. The van der Waals surface area contributed by atoms with Crippen molar-refractivity contribution in [1.29, 1.82) is 0 Å². The second kappa shape index (κ2) is 9.52. The van der Waals surface area contributed by atoms with Crippen molar-refractivity contribution in [2.24, 2.45) is 56.7 Å². The summed E-state index contributed by atoms with van der Waals surface area (Å²) in [5.41, 5.74) is 2.83. The van der Waals surface area contributed by atoms with E-state index in [4.69, 9.17) is 9.47 Å². The molecule has 0 spiro atoms. The van der Waals surface area contributed by atoms with Gasteiger partial charge in [0.15, 0.2) is 6.29 Å². The molecule has 1 aliphatic heterocycles. The lowest BCUT2D eigenvalue weighted by Gasteiger charge is -2.73. The van der Waals surface area contributed by atoms with Crippen molar-refractivity contribution in [3.05, 3.63) is 12.2 Å². The molecule has 0 amide bonds. The lowest BCUT2D eigenvalue weighted by Crippen LogP contribution is -2.67. The Balaban J connectivity index is 1.26. The van der Waals surface area contributed by atoms with Gasteiger partial charge in [0.25, 0.3) is 0 Å². The van der Waals surface area contributed by atoms with Crippen LogP contribution in [0.2, 0.25) is 0 Å². The molecule has 6 rings (SSSR count). The lowest BCUT2D eigenvalue weighted by atomic mass is 9.32. The summed E-state index contributed by atoms with van der Waals surface area (Å²) < 4.78 is 12.2. The fraction of sp³-hybridized carbons (Fsp3) is 0.943. The molecule has 1 saturated heterocycles. The van der Waals surface area contributed by atoms with Crippen LogP contribution in [0, 0.1) is 56.7 Å². The van der Waals surface area contributed by atoms with Gasteiger partial charge >= 0.3 is 0 Å². The van der Waals surface area contributed by atoms with E-state index in [1.807, 2.05) is 0 Å². The molecule has 1 heterocycles. The molecule has 5 saturated carbocycles. The number of aliphatic hydroxyl groups is 3. The Morgan fingerprint density at radius 3 is 2.20 bits per heavy atom. The first kappa shape index (κ1) is 29.6. The predicted octanol–water partition coefficient (Wildman–Crippen LogP) is 6.49. The van der Waals surface area contributed by atoms with Gasteiger partial charge in [0.1, 0.15) is 18.3 Å². The highest BCUT2D eigenvalue weighted by atomic mass is 16.7. The summed E-state index contributed by atoms with van der Waals surface area (Å²) in [7, 11) is 0. The Morgan fingerprint density at radius 2 is 1.50 bits per heavy atom. The van der Waals surface area contributed by atoms with Crippen LogP contribution >= 0.6 is 0 Å². The topological polar surface area (TPSA) is 79.2 Å². The largest absolute Gasteiger partial charge is 0.388 e. The number of ether oxygens (including phenoxy) is 2. The van der Waals surface area contributed by atoms with E-state index < -0.39 is 24.6 Å². The minimum absolute atomic E-state index is 0.0103. The molecule has 0 bridgehead atoms. The standard InChI is InChI=1S/C35H58O5/c1-20(2)21-11-14-32(5)17-18-34(7)22(27(21)32)9-10-25-33(6)15-13-26(31(3,4)24(33)12-16-35(25,34)8)40-30-29(38)28(37)23(36)19-39-30/h21-30,36-38H,1,9-19H2,2-8H3/t21-,22+,23+,24-,25+,26-,27+,28-,29-,30+,32+,33-,34+,35+/m0/s1. The third-order valence-electron chi connectivity index (χ3n) is 15.2. The minimum Gasteiger partial charge on any atom is -0.388 e. The van der Waals surface area contributed by atoms with Gasteiger partial charge in [-0.05, 0) is 128 Å². The van der Waals surface area contributed by atoms with Crippen LogP contribution in [0.1, 0.15) is 113 Å². The van der Waals surface area contributed by atoms with Crippen LogP contribution in [-0.4, -0.2) is 52.6 Å². The molecule has 0 unspecified atom stereocenters. The molecule has 5 nitrogen and oxygen atoms in total. The van der Waals surface area contributed by atoms with Gasteiger partial charge in [0.05, 0.1) is 12.7 Å². The van der Waals surface area contributed by atoms with Gasteiger partial charge in [0.2, 0.25) is 0 Å². The molecule has 3 N–H and O–H groups in total. The summed E-state index contributed by atoms with van der Waals surface area (Å²) >= 11 is 0. The molecule has 6 aliphatic rings. The summed E-state index contributed by atoms with van der Waals surface area (Å²) in [4.78, 5) is 0. The van der Waals surface area contributed by atoms with Gasteiger partial charge in [0, 0.05) is 0 Å². The van der Waals surface area contributed by atoms with Crippen LogP contribution in [0.15, 0.2) is 12.2 Å². The maximum atomic E-state index is 10.6. The van der Waals surface area contributed by atoms with E-state index >= 15 is 0 Å². The smallest absolute Gasteiger partial charge is 0.186 e. The molecule has 0 radical (unpaired) electrons. The highest BCUT2D eigenvalue weighted by molar-refractivity contribution is 5.21. The average Bonchev–Trinajstić information content (AvgIpc) is 3.24. The number of hydrogen-bond donors (Lipinski definition) is 3. The van der Waals surface area contributed by atoms with E-state index in [0.717, 1.165) is 24.7 Å². The van der Waals surface area contributed by atoms with Crippen LogP contribution in [0.3, 0.4) is 0 Å². The van der Waals surface area contributed by atoms with E-state index in [1.165, 1.54) is 56.9 Å². The number of allylic oxidation sites excluding steroid dienone is 1. The minimum atomic E-state index is -1.23. The normalized spacial score (nSPS) is 57.4. The lowest BCUT2D eigenvalue weighted by molar-refractivity contribution is -0.311. The highest BCUT2D eigenvalue weighted by Gasteiger charge is 2.70. The average molecular weight is 559 g/mol. The van der Waals surface area contributed by atoms with Crippen molar-refractivity contribution >= 4 is 0 Å². The first-order chi connectivity index (χ1) is 18.6. The summed E-state index contributed by atoms with van der Waals surface area (Å²) in [6, 6.07) is 0. The molecular formula is C35H58O5. The van der Waals surface area contributed by atoms with Gasteiger partial charge in [-0.25, -0.2) is 0 Å². The Kier molecular flexibility index (Phi) is 7.04. The van der Waals surface area contributed by atoms with Gasteiger partial charge in [-0.1, -0.05) is 53.7 Å². The molecule has 0 aromatic carbocycles. The maximum Gasteiger partial charge on any atom is 0.186 e. The van der Waals surface area contributed by atoms with Gasteiger partial charge in [-0.3, -0.25) is 0 Å². The Bertz CT molecular complexity index is 1010. The number of rotatable bonds is 3. The number of aliphatic hydroxyl groups excluding tert-OH is 3. The van der Waals surface area contributed by atoms with Crippen LogP contribution < -0.4 is 0 Å². The van der Waals surface area contributed by atoms with E-state index in [0.29, 0.717) is 34.0 Å². The van der Waals surface area contributed by atoms with Gasteiger partial charge in [-0.2, -0.15) is 0 Å². The van der Waals surface area contributed by atoms with Gasteiger partial charge in [-0.15, -0.1) is 0 Å². The summed E-state index contributed by atoms with van der Waals surface area (Å²) in [5.74, 6) is 3.55. The molecule has 14 atom stereocenters. The maximum absolute atomic E-state index is 10.6. The van der Waals surface area contributed by atoms with Crippen LogP contribution in [0.5, 0.6) is 0 Å². The second-order valence-electron chi connectivity index (χ2n) is 17.1. The Morgan fingerprint density at radius 1 is 0.775 bits per heavy atom. The molecule has 40 heavy (non-hydrogen) atoms. The predicted molar refractivity (Wildman–Crippen MR) is 157 cm³/mol. The third kappa shape index (κ3) is 3.89. The number of fused-ring (bicyclic) bond motifs is 7. The van der Waals surface area contributed by atoms with E-state index in [-0.39, 0.29) is 23.5 Å². The van der Waals surface area contributed by atoms with Crippen molar-refractivity contribution < 1.29 is 24.8 Å². The quantitative estimate of drug-likeness (QED) is 0.273. The molecule has 6 fully saturated rings. The fourth-order valence-corrected chi connectivity index (χ4v) is 12.8. The zero-order valence-electron chi connectivity index (χ0n) is 26.4. The number of hydrogen-bond acceptors (Lipinski definition) is 5. The second-order valence-corrected chi connectivity index (χ2v) is 17.1. The summed E-state index contributed by atoms with van der Waals surface area (Å²) in [6.07, 6.45) is 8.30. The Labute approximate surface area is 243 Å². The molecular weight excluding hydrogens is 500 g/mol. The van der Waals surface area contributed by atoms with Crippen LogP contribution in [0.25, 0.3) is 0 Å². The van der Waals surface area contributed by atoms with Gasteiger partial charge < -0.3 is 24.8 Å². The molecule has 0 aromatic rings. The SMILES string of the molecule is C=C(C)[C@@H]1CC[C@]2(C)CC[C@]3(C)[C@H](CC[C@@H]4[C@@]5(C)CC[C@H](O[C@H]6OC[C@@H](O)[C@H](O)[C@@H]6O)C(C)(C)[C@@H]5CC[C@]43C)[C@@H]12. The van der Waals surface area contributed by atoms with Crippen molar-refractivity contribution in [2.75, 3.05) is 6.61 Å².